The van der Waals surface area contributed by atoms with Gasteiger partial charge in [-0.25, -0.2) is 4.79 Å². The molecular weight excluding hydrogens is 540 g/mol. The first kappa shape index (κ1) is 26.7. The van der Waals surface area contributed by atoms with Crippen LogP contribution in [0, 0.1) is 0 Å². The number of nitrogens with zero attached hydrogens (tertiary/aromatic N) is 6. The molecule has 3 N–H and O–H groups in total. The van der Waals surface area contributed by atoms with Crippen LogP contribution in [0.4, 0.5) is 5.69 Å². The van der Waals surface area contributed by atoms with Crippen LogP contribution in [0.25, 0.3) is 11.8 Å². The molecule has 40 heavy (non-hydrogen) atoms. The number of carboxylic acids is 1. The number of carbonyl (C=O) groups is 3. The van der Waals surface area contributed by atoms with Gasteiger partial charge in [0.15, 0.2) is 0 Å². The number of carbonyl (C=O) groups excluding carboxylic acids is 2. The molecule has 3 heterocycles. The van der Waals surface area contributed by atoms with E-state index in [0.29, 0.717) is 47.4 Å². The van der Waals surface area contributed by atoms with Crippen LogP contribution in [0.5, 0.6) is 0 Å². The second-order valence-corrected chi connectivity index (χ2v) is 9.27. The molecule has 0 unspecified atom stereocenters. The van der Waals surface area contributed by atoms with Gasteiger partial charge in [0.25, 0.3) is 0 Å². The minimum atomic E-state index is -1.08. The van der Waals surface area contributed by atoms with Crippen molar-refractivity contribution in [1.82, 2.24) is 35.3 Å². The summed E-state index contributed by atoms with van der Waals surface area (Å²) in [5.41, 5.74) is 3.14. The van der Waals surface area contributed by atoms with Gasteiger partial charge in [0, 0.05) is 28.8 Å². The Bertz CT molecular complexity index is 1540. The number of benzene rings is 2. The number of aromatic carboxylic acids is 1. The summed E-state index contributed by atoms with van der Waals surface area (Å²) >= 11 is 6.16. The van der Waals surface area contributed by atoms with Crippen LogP contribution >= 0.6 is 11.6 Å². The van der Waals surface area contributed by atoms with E-state index in [2.05, 4.69) is 31.3 Å². The van der Waals surface area contributed by atoms with E-state index in [1.54, 1.807) is 24.3 Å². The number of anilines is 1. The van der Waals surface area contributed by atoms with Gasteiger partial charge in [0.2, 0.25) is 11.8 Å². The predicted molar refractivity (Wildman–Crippen MR) is 143 cm³/mol. The van der Waals surface area contributed by atoms with Crippen molar-refractivity contribution >= 4 is 41.1 Å². The van der Waals surface area contributed by atoms with E-state index in [1.807, 2.05) is 10.7 Å². The minimum absolute atomic E-state index is 0.0841. The molecule has 2 amide bonds. The molecule has 0 aliphatic carbocycles. The van der Waals surface area contributed by atoms with Crippen molar-refractivity contribution in [2.24, 2.45) is 0 Å². The number of hydrogen-bond donors (Lipinski definition) is 3. The van der Waals surface area contributed by atoms with Gasteiger partial charge < -0.3 is 20.5 Å². The number of hydrogen-bond acceptors (Lipinski definition) is 8. The summed E-state index contributed by atoms with van der Waals surface area (Å²) in [6.45, 7) is 1.56. The topological polar surface area (TPSA) is 166 Å². The Morgan fingerprint density at radius 1 is 1.15 bits per heavy atom. The van der Waals surface area contributed by atoms with Gasteiger partial charge >= 0.3 is 5.97 Å². The summed E-state index contributed by atoms with van der Waals surface area (Å²) in [6, 6.07) is 11.6. The molecule has 2 aromatic carbocycles. The fourth-order valence-electron chi connectivity index (χ4n) is 4.12. The van der Waals surface area contributed by atoms with E-state index >= 15 is 0 Å². The molecule has 5 rings (SSSR count). The van der Waals surface area contributed by atoms with Gasteiger partial charge in [-0.15, -0.1) is 5.10 Å². The monoisotopic (exact) mass is 562 g/mol. The van der Waals surface area contributed by atoms with Crippen LogP contribution in [0.1, 0.15) is 27.3 Å². The average molecular weight is 563 g/mol. The maximum absolute atomic E-state index is 13.3. The van der Waals surface area contributed by atoms with Gasteiger partial charge in [-0.1, -0.05) is 11.6 Å². The molecule has 2 aromatic heterocycles. The fraction of sp³-hybridized carbons (Fsp3) is 0.192. The second-order valence-electron chi connectivity index (χ2n) is 8.83. The molecule has 1 atom stereocenters. The Kier molecular flexibility index (Phi) is 7.94. The first-order valence-corrected chi connectivity index (χ1v) is 12.5. The third kappa shape index (κ3) is 6.39. The van der Waals surface area contributed by atoms with Crippen LogP contribution in [0.2, 0.25) is 5.02 Å². The predicted octanol–water partition coefficient (Wildman–Crippen LogP) is 2.12. The summed E-state index contributed by atoms with van der Waals surface area (Å²) in [6.07, 6.45) is 4.36. The lowest BCUT2D eigenvalue weighted by atomic mass is 10.1. The van der Waals surface area contributed by atoms with Crippen LogP contribution in [0.3, 0.4) is 0 Å². The van der Waals surface area contributed by atoms with E-state index in [9.17, 15) is 14.4 Å². The van der Waals surface area contributed by atoms with Gasteiger partial charge in [0.05, 0.1) is 42.4 Å². The van der Waals surface area contributed by atoms with Crippen molar-refractivity contribution in [3.05, 3.63) is 88.5 Å². The van der Waals surface area contributed by atoms with Crippen LogP contribution in [-0.4, -0.2) is 65.5 Å². The van der Waals surface area contributed by atoms with Crippen molar-refractivity contribution in [2.45, 2.75) is 25.6 Å². The molecule has 13 nitrogen and oxygen atoms in total. The highest BCUT2D eigenvalue weighted by Crippen LogP contribution is 2.20. The Hall–Kier alpha value is -4.88. The van der Waals surface area contributed by atoms with Crippen molar-refractivity contribution in [2.75, 3.05) is 11.9 Å². The first-order valence-electron chi connectivity index (χ1n) is 12.1. The summed E-state index contributed by atoms with van der Waals surface area (Å²) in [4.78, 5) is 37.4. The molecule has 4 aromatic rings. The molecule has 204 valence electrons. The SMILES string of the molecule is O=C(/C=C/c1cc(Cl)ccc1-n1cnnn1)N[C@@H](Cc1cc2n(n1)CCOC2)C(=O)Nc1ccc(C(=O)O)cc1. The van der Waals surface area contributed by atoms with Crippen molar-refractivity contribution < 1.29 is 24.2 Å². The number of fused-ring (bicyclic) bond motifs is 1. The average Bonchev–Trinajstić information content (AvgIpc) is 3.62. The number of aromatic nitrogens is 6. The second kappa shape index (κ2) is 11.9. The zero-order chi connectivity index (χ0) is 28.1. The zero-order valence-electron chi connectivity index (χ0n) is 20.9. The maximum atomic E-state index is 13.3. The van der Waals surface area contributed by atoms with E-state index in [0.717, 1.165) is 5.69 Å². The highest BCUT2D eigenvalue weighted by atomic mass is 35.5. The number of amides is 2. The Balaban J connectivity index is 1.35. The van der Waals surface area contributed by atoms with E-state index in [-0.39, 0.29) is 12.0 Å². The van der Waals surface area contributed by atoms with E-state index < -0.39 is 23.8 Å². The third-order valence-electron chi connectivity index (χ3n) is 6.06. The zero-order valence-corrected chi connectivity index (χ0v) is 21.7. The van der Waals surface area contributed by atoms with E-state index in [4.69, 9.17) is 21.4 Å². The fourth-order valence-corrected chi connectivity index (χ4v) is 4.30. The smallest absolute Gasteiger partial charge is 0.335 e. The Morgan fingerprint density at radius 2 is 1.98 bits per heavy atom. The van der Waals surface area contributed by atoms with Crippen LogP contribution < -0.4 is 10.6 Å². The molecule has 1 aliphatic heterocycles. The quantitative estimate of drug-likeness (QED) is 0.259. The molecular formula is C26H23ClN8O5. The third-order valence-corrected chi connectivity index (χ3v) is 6.29. The van der Waals surface area contributed by atoms with Crippen LogP contribution in [0.15, 0.2) is 60.9 Å². The maximum Gasteiger partial charge on any atom is 0.335 e. The minimum Gasteiger partial charge on any atom is -0.478 e. The summed E-state index contributed by atoms with van der Waals surface area (Å²) in [7, 11) is 0. The lowest BCUT2D eigenvalue weighted by Crippen LogP contribution is -2.44. The number of nitrogens with one attached hydrogen (secondary N) is 2. The largest absolute Gasteiger partial charge is 0.478 e. The first-order chi connectivity index (χ1) is 19.4. The lowest BCUT2D eigenvalue weighted by Gasteiger charge is -2.17. The normalized spacial score (nSPS) is 13.5. The van der Waals surface area contributed by atoms with Crippen molar-refractivity contribution in [3.63, 3.8) is 0 Å². The lowest BCUT2D eigenvalue weighted by molar-refractivity contribution is -0.123. The molecule has 0 spiro atoms. The number of tetrazole rings is 1. The molecule has 0 fully saturated rings. The van der Waals surface area contributed by atoms with Crippen molar-refractivity contribution in [1.29, 1.82) is 0 Å². The van der Waals surface area contributed by atoms with Gasteiger partial charge in [-0.3, -0.25) is 14.3 Å². The Morgan fingerprint density at radius 3 is 2.70 bits per heavy atom. The molecule has 14 heteroatoms. The van der Waals surface area contributed by atoms with Gasteiger partial charge in [-0.2, -0.15) is 9.78 Å². The number of halogens is 1. The summed E-state index contributed by atoms with van der Waals surface area (Å²) in [5.74, 6) is -2.11. The molecule has 0 saturated carbocycles. The molecule has 0 bridgehead atoms. The standard InChI is InChI=1S/C26H23ClN8O5/c27-18-4-7-23(35-15-28-32-33-35)17(11-18)3-8-24(36)30-22(13-20-12-21-14-40-10-9-34(21)31-20)25(37)29-19-5-1-16(2-6-19)26(38)39/h1-8,11-12,15,22H,9-10,13-14H2,(H,29,37)(H,30,36)(H,38,39)/b8-3+/t22-/m0/s1. The summed E-state index contributed by atoms with van der Waals surface area (Å²) in [5, 5.41) is 30.7. The molecule has 0 radical (unpaired) electrons. The van der Waals surface area contributed by atoms with Gasteiger partial charge in [0.1, 0.15) is 12.4 Å². The number of carboxylic acid groups (broad SMARTS) is 1. The number of rotatable bonds is 9. The van der Waals surface area contributed by atoms with E-state index in [1.165, 1.54) is 41.4 Å². The van der Waals surface area contributed by atoms with Crippen LogP contribution in [-0.2, 0) is 33.9 Å². The Labute approximate surface area is 232 Å². The molecule has 1 aliphatic rings. The number of ether oxygens (including phenoxy) is 1. The van der Waals surface area contributed by atoms with Gasteiger partial charge in [-0.05, 0) is 65.0 Å². The summed E-state index contributed by atoms with van der Waals surface area (Å²) < 4.78 is 8.72. The highest BCUT2D eigenvalue weighted by molar-refractivity contribution is 6.30. The van der Waals surface area contributed by atoms with Crippen molar-refractivity contribution in [3.8, 4) is 5.69 Å². The molecule has 0 saturated heterocycles. The highest BCUT2D eigenvalue weighted by Gasteiger charge is 2.24.